The van der Waals surface area contributed by atoms with Crippen LogP contribution in [-0.2, 0) is 6.42 Å². The number of piperazine rings is 1. The number of allylic oxidation sites excluding steroid dienone is 1. The van der Waals surface area contributed by atoms with Crippen molar-refractivity contribution in [2.45, 2.75) is 32.2 Å². The summed E-state index contributed by atoms with van der Waals surface area (Å²) in [5.41, 5.74) is 3.11. The zero-order valence-electron chi connectivity index (χ0n) is 18.9. The normalized spacial score (nSPS) is 17.4. The topological polar surface area (TPSA) is 28.5 Å². The Kier molecular flexibility index (Phi) is 6.26. The van der Waals surface area contributed by atoms with Gasteiger partial charge in [-0.2, -0.15) is 0 Å². The van der Waals surface area contributed by atoms with Crippen LogP contribution in [-0.4, -0.2) is 42.2 Å². The van der Waals surface area contributed by atoms with E-state index < -0.39 is 0 Å². The Labute approximate surface area is 198 Å². The van der Waals surface area contributed by atoms with Crippen LogP contribution in [0.15, 0.2) is 53.5 Å². The molecule has 1 aliphatic carbocycles. The van der Waals surface area contributed by atoms with Crippen molar-refractivity contribution in [1.29, 1.82) is 0 Å². The summed E-state index contributed by atoms with van der Waals surface area (Å²) in [7, 11) is 0. The lowest BCUT2D eigenvalue weighted by atomic mass is 10.1. The number of hydrogen-bond donors (Lipinski definition) is 0. The van der Waals surface area contributed by atoms with E-state index in [4.69, 9.17) is 11.6 Å². The molecule has 2 aliphatic rings. The van der Waals surface area contributed by atoms with Crippen LogP contribution in [0, 0.1) is 5.82 Å². The molecule has 0 spiro atoms. The van der Waals surface area contributed by atoms with Gasteiger partial charge in [-0.1, -0.05) is 42.8 Å². The van der Waals surface area contributed by atoms with E-state index in [1.165, 1.54) is 6.07 Å². The number of halogens is 2. The maximum absolute atomic E-state index is 15.2. The first kappa shape index (κ1) is 22.2. The molecule has 1 aromatic heterocycles. The summed E-state index contributed by atoms with van der Waals surface area (Å²) in [6, 6.07) is 11.3. The fraction of sp³-hybridized carbons (Fsp3) is 0.370. The second kappa shape index (κ2) is 9.32. The Morgan fingerprint density at radius 1 is 1.09 bits per heavy atom. The third kappa shape index (κ3) is 4.71. The van der Waals surface area contributed by atoms with E-state index in [0.717, 1.165) is 56.6 Å². The summed E-state index contributed by atoms with van der Waals surface area (Å²) >= 11 is 5.95. The lowest BCUT2D eigenvalue weighted by Gasteiger charge is -2.35. The van der Waals surface area contributed by atoms with E-state index in [0.29, 0.717) is 34.1 Å². The number of anilines is 1. The van der Waals surface area contributed by atoms with E-state index in [1.54, 1.807) is 0 Å². The van der Waals surface area contributed by atoms with Crippen molar-refractivity contribution in [2.24, 2.45) is 0 Å². The average molecular weight is 466 g/mol. The summed E-state index contributed by atoms with van der Waals surface area (Å²) < 4.78 is 17.4. The third-order valence-corrected chi connectivity index (χ3v) is 7.05. The largest absolute Gasteiger partial charge is 0.367 e. The molecule has 2 aromatic carbocycles. The quantitative estimate of drug-likeness (QED) is 0.479. The third-order valence-electron chi connectivity index (χ3n) is 6.79. The van der Waals surface area contributed by atoms with E-state index in [2.05, 4.69) is 21.3 Å². The highest BCUT2D eigenvalue weighted by molar-refractivity contribution is 6.30. The summed E-state index contributed by atoms with van der Waals surface area (Å²) in [6.45, 7) is 6.65. The monoisotopic (exact) mass is 465 g/mol. The summed E-state index contributed by atoms with van der Waals surface area (Å²) in [5.74, 6) is -0.305. The SMILES string of the molecule is CCN1CCN(c2cc3c(cc2F)c(=O)c(C/C=C/c2ccc(Cl)cc2)cn3C2CC2)CC1. The molecule has 2 fully saturated rings. The van der Waals surface area contributed by atoms with Crippen LogP contribution < -0.4 is 10.3 Å². The Balaban J connectivity index is 1.48. The van der Waals surface area contributed by atoms with Gasteiger partial charge in [0.2, 0.25) is 0 Å². The van der Waals surface area contributed by atoms with Crippen LogP contribution in [0.25, 0.3) is 17.0 Å². The molecule has 6 heteroatoms. The number of aromatic nitrogens is 1. The van der Waals surface area contributed by atoms with E-state index in [1.807, 2.05) is 48.7 Å². The van der Waals surface area contributed by atoms with Crippen LogP contribution in [0.2, 0.25) is 5.02 Å². The molecule has 0 atom stereocenters. The number of pyridine rings is 1. The molecular weight excluding hydrogens is 437 g/mol. The minimum Gasteiger partial charge on any atom is -0.367 e. The second-order valence-corrected chi connectivity index (χ2v) is 9.46. The number of fused-ring (bicyclic) bond motifs is 1. The molecule has 2 heterocycles. The van der Waals surface area contributed by atoms with Gasteiger partial charge in [-0.25, -0.2) is 4.39 Å². The van der Waals surface area contributed by atoms with Crippen molar-refractivity contribution >= 4 is 34.3 Å². The van der Waals surface area contributed by atoms with Crippen molar-refractivity contribution in [2.75, 3.05) is 37.6 Å². The summed E-state index contributed by atoms with van der Waals surface area (Å²) in [4.78, 5) is 17.8. The smallest absolute Gasteiger partial charge is 0.192 e. The van der Waals surface area contributed by atoms with Gasteiger partial charge in [-0.05, 0) is 55.6 Å². The maximum atomic E-state index is 15.2. The van der Waals surface area contributed by atoms with Gasteiger partial charge in [-0.15, -0.1) is 0 Å². The highest BCUT2D eigenvalue weighted by Crippen LogP contribution is 2.38. The molecule has 1 aliphatic heterocycles. The average Bonchev–Trinajstić information content (AvgIpc) is 3.67. The molecule has 33 heavy (non-hydrogen) atoms. The maximum Gasteiger partial charge on any atom is 0.192 e. The highest BCUT2D eigenvalue weighted by Gasteiger charge is 2.27. The van der Waals surface area contributed by atoms with Crippen molar-refractivity contribution in [3.8, 4) is 0 Å². The van der Waals surface area contributed by atoms with E-state index in [9.17, 15) is 4.79 Å². The molecule has 0 N–H and O–H groups in total. The van der Waals surface area contributed by atoms with Gasteiger partial charge in [0.1, 0.15) is 5.82 Å². The van der Waals surface area contributed by atoms with Crippen molar-refractivity contribution in [1.82, 2.24) is 9.47 Å². The van der Waals surface area contributed by atoms with Crippen LogP contribution in [0.5, 0.6) is 0 Å². The Hall–Kier alpha value is -2.63. The van der Waals surface area contributed by atoms with Gasteiger partial charge in [0.25, 0.3) is 0 Å². The fourth-order valence-corrected chi connectivity index (χ4v) is 4.78. The van der Waals surface area contributed by atoms with Crippen LogP contribution >= 0.6 is 11.6 Å². The molecule has 0 bridgehead atoms. The first-order valence-corrected chi connectivity index (χ1v) is 12.2. The van der Waals surface area contributed by atoms with Gasteiger partial charge in [0.15, 0.2) is 5.43 Å². The van der Waals surface area contributed by atoms with E-state index >= 15 is 4.39 Å². The van der Waals surface area contributed by atoms with Gasteiger partial charge >= 0.3 is 0 Å². The number of nitrogens with zero attached hydrogens (tertiary/aromatic N) is 3. The van der Waals surface area contributed by atoms with E-state index in [-0.39, 0.29) is 11.2 Å². The minimum atomic E-state index is -0.305. The van der Waals surface area contributed by atoms with Crippen molar-refractivity contribution in [3.05, 3.63) is 80.9 Å². The molecule has 0 unspecified atom stereocenters. The summed E-state index contributed by atoms with van der Waals surface area (Å²) in [6.07, 6.45) is 8.67. The number of rotatable bonds is 6. The highest BCUT2D eigenvalue weighted by atomic mass is 35.5. The van der Waals surface area contributed by atoms with Gasteiger partial charge in [0, 0.05) is 54.4 Å². The number of hydrogen-bond acceptors (Lipinski definition) is 3. The molecule has 1 saturated carbocycles. The molecule has 4 nitrogen and oxygen atoms in total. The molecule has 172 valence electrons. The summed E-state index contributed by atoms with van der Waals surface area (Å²) in [5, 5.41) is 1.18. The Morgan fingerprint density at radius 2 is 1.82 bits per heavy atom. The predicted molar refractivity (Wildman–Crippen MR) is 135 cm³/mol. The first-order chi connectivity index (χ1) is 16.0. The van der Waals surface area contributed by atoms with Crippen molar-refractivity contribution in [3.63, 3.8) is 0 Å². The van der Waals surface area contributed by atoms with Crippen LogP contribution in [0.3, 0.4) is 0 Å². The molecule has 0 radical (unpaired) electrons. The molecule has 0 amide bonds. The molecule has 5 rings (SSSR count). The fourth-order valence-electron chi connectivity index (χ4n) is 4.66. The Bertz CT molecular complexity index is 1240. The standard InChI is InChI=1S/C27H29ClFN3O/c1-2-30-12-14-31(15-13-30)26-17-25-23(16-24(26)29)27(33)20(18-32(25)22-10-11-22)5-3-4-19-6-8-21(28)9-7-19/h3-4,6-9,16-18,22H,2,5,10-15H2,1H3/b4-3+. The molecule has 1 saturated heterocycles. The Morgan fingerprint density at radius 3 is 2.48 bits per heavy atom. The van der Waals surface area contributed by atoms with Gasteiger partial charge in [-0.3, -0.25) is 4.79 Å². The lowest BCUT2D eigenvalue weighted by molar-refractivity contribution is 0.270. The molecular formula is C27H29ClFN3O. The first-order valence-electron chi connectivity index (χ1n) is 11.8. The minimum absolute atomic E-state index is 0.0797. The lowest BCUT2D eigenvalue weighted by Crippen LogP contribution is -2.46. The molecule has 3 aromatic rings. The van der Waals surface area contributed by atoms with Gasteiger partial charge in [0.05, 0.1) is 11.2 Å². The zero-order chi connectivity index (χ0) is 22.9. The number of likely N-dealkylation sites (N-methyl/N-ethyl adjacent to an activating group) is 1. The predicted octanol–water partition coefficient (Wildman–Crippen LogP) is 5.53. The zero-order valence-corrected chi connectivity index (χ0v) is 19.7. The van der Waals surface area contributed by atoms with Gasteiger partial charge < -0.3 is 14.4 Å². The van der Waals surface area contributed by atoms with Crippen molar-refractivity contribution < 1.29 is 4.39 Å². The number of benzene rings is 2. The van der Waals surface area contributed by atoms with Crippen LogP contribution in [0.1, 0.15) is 36.9 Å². The second-order valence-electron chi connectivity index (χ2n) is 9.02. The van der Waals surface area contributed by atoms with Crippen LogP contribution in [0.4, 0.5) is 10.1 Å².